The Morgan fingerprint density at radius 3 is 2.46 bits per heavy atom. The summed E-state index contributed by atoms with van der Waals surface area (Å²) in [6.45, 7) is 1.51. The van der Waals surface area contributed by atoms with Crippen molar-refractivity contribution in [3.63, 3.8) is 0 Å². The van der Waals surface area contributed by atoms with Gasteiger partial charge in [-0.25, -0.2) is 4.39 Å². The molecule has 0 saturated heterocycles. The number of aliphatic hydroxyl groups is 1. The monoisotopic (exact) mass is 185 g/mol. The summed E-state index contributed by atoms with van der Waals surface area (Å²) in [5.74, 6) is -0.753. The van der Waals surface area contributed by atoms with Crippen LogP contribution in [0.4, 0.5) is 4.39 Å². The van der Waals surface area contributed by atoms with Crippen LogP contribution in [-0.4, -0.2) is 16.3 Å². The van der Waals surface area contributed by atoms with Crippen molar-refractivity contribution in [2.75, 3.05) is 0 Å². The number of phenols is 1. The van der Waals surface area contributed by atoms with E-state index in [0.717, 1.165) is 6.07 Å². The maximum Gasteiger partial charge on any atom is 0.127 e. The van der Waals surface area contributed by atoms with Gasteiger partial charge in [0, 0.05) is 6.07 Å². The average Bonchev–Trinajstić information content (AvgIpc) is 2.01. The highest BCUT2D eigenvalue weighted by Crippen LogP contribution is 2.20. The fourth-order valence-corrected chi connectivity index (χ4v) is 1.07. The van der Waals surface area contributed by atoms with Crippen LogP contribution in [0.2, 0.25) is 0 Å². The minimum atomic E-state index is -0.777. The third-order valence-electron chi connectivity index (χ3n) is 1.81. The highest BCUT2D eigenvalue weighted by atomic mass is 19.1. The lowest BCUT2D eigenvalue weighted by Crippen LogP contribution is -2.23. The molecule has 0 saturated carbocycles. The molecule has 4 N–H and O–H groups in total. The lowest BCUT2D eigenvalue weighted by atomic mass is 10.0. The first-order valence-corrected chi connectivity index (χ1v) is 3.94. The molecule has 72 valence electrons. The minimum absolute atomic E-state index is 0.189. The topological polar surface area (TPSA) is 66.5 Å². The molecule has 3 nitrogen and oxygen atoms in total. The van der Waals surface area contributed by atoms with Crippen LogP contribution < -0.4 is 5.73 Å². The molecular weight excluding hydrogens is 173 g/mol. The minimum Gasteiger partial charge on any atom is -0.508 e. The first-order valence-electron chi connectivity index (χ1n) is 3.94. The van der Waals surface area contributed by atoms with Crippen molar-refractivity contribution in [1.29, 1.82) is 0 Å². The Kier molecular flexibility index (Phi) is 2.85. The van der Waals surface area contributed by atoms with Gasteiger partial charge in [0.25, 0.3) is 0 Å². The largest absolute Gasteiger partial charge is 0.508 e. The first-order chi connectivity index (χ1) is 6.00. The SMILES string of the molecule is CC(O)[C@@H](N)c1cc(O)cc(F)c1. The number of phenolic OH excluding ortho intramolecular Hbond substituents is 1. The summed E-state index contributed by atoms with van der Waals surface area (Å²) in [7, 11) is 0. The Morgan fingerprint density at radius 2 is 2.00 bits per heavy atom. The maximum atomic E-state index is 12.8. The van der Waals surface area contributed by atoms with Crippen LogP contribution in [0.25, 0.3) is 0 Å². The van der Waals surface area contributed by atoms with E-state index in [9.17, 15) is 4.39 Å². The van der Waals surface area contributed by atoms with Crippen LogP contribution in [0.3, 0.4) is 0 Å². The average molecular weight is 185 g/mol. The molecule has 0 aliphatic heterocycles. The van der Waals surface area contributed by atoms with Crippen molar-refractivity contribution in [2.24, 2.45) is 5.73 Å². The lowest BCUT2D eigenvalue weighted by Gasteiger charge is -2.15. The van der Waals surface area contributed by atoms with E-state index in [4.69, 9.17) is 15.9 Å². The summed E-state index contributed by atoms with van der Waals surface area (Å²) in [4.78, 5) is 0. The Labute approximate surface area is 75.6 Å². The molecule has 0 fully saturated rings. The van der Waals surface area contributed by atoms with Crippen LogP contribution >= 0.6 is 0 Å². The van der Waals surface area contributed by atoms with Gasteiger partial charge in [-0.2, -0.15) is 0 Å². The van der Waals surface area contributed by atoms with Crippen molar-refractivity contribution in [2.45, 2.75) is 19.1 Å². The molecule has 0 spiro atoms. The van der Waals surface area contributed by atoms with Gasteiger partial charge < -0.3 is 15.9 Å². The molecule has 4 heteroatoms. The van der Waals surface area contributed by atoms with Crippen molar-refractivity contribution in [3.05, 3.63) is 29.6 Å². The maximum absolute atomic E-state index is 12.8. The molecule has 1 unspecified atom stereocenters. The Bertz CT molecular complexity index is 281. The van der Waals surface area contributed by atoms with Crippen molar-refractivity contribution in [3.8, 4) is 5.75 Å². The summed E-state index contributed by atoms with van der Waals surface area (Å²) in [6, 6.07) is 2.83. The first kappa shape index (κ1) is 9.95. The van der Waals surface area contributed by atoms with E-state index in [0.29, 0.717) is 5.56 Å². The predicted molar refractivity (Wildman–Crippen MR) is 46.7 cm³/mol. The van der Waals surface area contributed by atoms with Crippen LogP contribution in [0.1, 0.15) is 18.5 Å². The summed E-state index contributed by atoms with van der Waals surface area (Å²) in [6.07, 6.45) is -0.777. The number of aromatic hydroxyl groups is 1. The van der Waals surface area contributed by atoms with Gasteiger partial charge in [-0.3, -0.25) is 0 Å². The van der Waals surface area contributed by atoms with Gasteiger partial charge in [-0.1, -0.05) is 0 Å². The van der Waals surface area contributed by atoms with Crippen LogP contribution in [0.5, 0.6) is 5.75 Å². The molecular formula is C9H12FNO2. The molecule has 0 bridgehead atoms. The van der Waals surface area contributed by atoms with Gasteiger partial charge in [0.2, 0.25) is 0 Å². The number of halogens is 1. The smallest absolute Gasteiger partial charge is 0.127 e. The molecule has 0 amide bonds. The van der Waals surface area contributed by atoms with Crippen LogP contribution in [-0.2, 0) is 0 Å². The molecule has 0 aliphatic rings. The summed E-state index contributed by atoms with van der Waals surface area (Å²) >= 11 is 0. The van der Waals surface area contributed by atoms with Gasteiger partial charge in [0.05, 0.1) is 12.1 Å². The summed E-state index contributed by atoms with van der Waals surface area (Å²) < 4.78 is 12.8. The standard InChI is InChI=1S/C9H12FNO2/c1-5(12)9(11)6-2-7(10)4-8(13)3-6/h2-5,9,12-13H,11H2,1H3/t5?,9-/m1/s1. The zero-order chi connectivity index (χ0) is 10.0. The fraction of sp³-hybridized carbons (Fsp3) is 0.333. The quantitative estimate of drug-likeness (QED) is 0.641. The van der Waals surface area contributed by atoms with Gasteiger partial charge in [-0.05, 0) is 24.6 Å². The number of rotatable bonds is 2. The van der Waals surface area contributed by atoms with Crippen molar-refractivity contribution < 1.29 is 14.6 Å². The molecule has 2 atom stereocenters. The highest BCUT2D eigenvalue weighted by Gasteiger charge is 2.13. The summed E-state index contributed by atoms with van der Waals surface area (Å²) in [5, 5.41) is 18.2. The van der Waals surface area contributed by atoms with Crippen molar-refractivity contribution >= 4 is 0 Å². The van der Waals surface area contributed by atoms with Crippen LogP contribution in [0, 0.1) is 5.82 Å². The van der Waals surface area contributed by atoms with Gasteiger partial charge in [-0.15, -0.1) is 0 Å². The van der Waals surface area contributed by atoms with Crippen LogP contribution in [0.15, 0.2) is 18.2 Å². The second-order valence-corrected chi connectivity index (χ2v) is 3.01. The predicted octanol–water partition coefficient (Wildman–Crippen LogP) is 0.912. The van der Waals surface area contributed by atoms with E-state index in [1.54, 1.807) is 0 Å². The Morgan fingerprint density at radius 1 is 1.38 bits per heavy atom. The molecule has 0 aliphatic carbocycles. The van der Waals surface area contributed by atoms with E-state index in [1.165, 1.54) is 19.1 Å². The molecule has 0 heterocycles. The molecule has 0 aromatic heterocycles. The van der Waals surface area contributed by atoms with E-state index < -0.39 is 18.0 Å². The molecule has 13 heavy (non-hydrogen) atoms. The summed E-state index contributed by atoms with van der Waals surface area (Å²) in [5.41, 5.74) is 5.93. The van der Waals surface area contributed by atoms with Crippen molar-refractivity contribution in [1.82, 2.24) is 0 Å². The second-order valence-electron chi connectivity index (χ2n) is 3.01. The van der Waals surface area contributed by atoms with Gasteiger partial charge >= 0.3 is 0 Å². The Balaban J connectivity index is 3.01. The normalized spacial score (nSPS) is 15.4. The zero-order valence-electron chi connectivity index (χ0n) is 7.24. The lowest BCUT2D eigenvalue weighted by molar-refractivity contribution is 0.164. The van der Waals surface area contributed by atoms with Gasteiger partial charge in [0.1, 0.15) is 11.6 Å². The van der Waals surface area contributed by atoms with E-state index in [1.807, 2.05) is 0 Å². The molecule has 0 radical (unpaired) electrons. The number of hydrogen-bond acceptors (Lipinski definition) is 3. The third kappa shape index (κ3) is 2.40. The number of nitrogens with two attached hydrogens (primary N) is 1. The molecule has 1 rings (SSSR count). The second kappa shape index (κ2) is 3.72. The van der Waals surface area contributed by atoms with E-state index in [-0.39, 0.29) is 5.75 Å². The van der Waals surface area contributed by atoms with Gasteiger partial charge in [0.15, 0.2) is 0 Å². The fourth-order valence-electron chi connectivity index (χ4n) is 1.07. The zero-order valence-corrected chi connectivity index (χ0v) is 7.24. The van der Waals surface area contributed by atoms with E-state index in [2.05, 4.69) is 0 Å². The number of benzene rings is 1. The molecule has 1 aromatic rings. The molecule has 1 aromatic carbocycles. The number of aliphatic hydroxyl groups excluding tert-OH is 1. The van der Waals surface area contributed by atoms with E-state index >= 15 is 0 Å². The third-order valence-corrected chi connectivity index (χ3v) is 1.81. The highest BCUT2D eigenvalue weighted by molar-refractivity contribution is 5.30. The number of hydrogen-bond donors (Lipinski definition) is 3. The Hall–Kier alpha value is -1.13.